The van der Waals surface area contributed by atoms with E-state index >= 15 is 0 Å². The fourth-order valence-corrected chi connectivity index (χ4v) is 2.00. The van der Waals surface area contributed by atoms with E-state index < -0.39 is 5.91 Å². The van der Waals surface area contributed by atoms with Crippen LogP contribution in [0.1, 0.15) is 5.56 Å². The normalized spacial score (nSPS) is 11.2. The van der Waals surface area contributed by atoms with E-state index in [0.717, 1.165) is 5.56 Å². The molecule has 2 rings (SSSR count). The van der Waals surface area contributed by atoms with Crippen molar-refractivity contribution in [3.63, 3.8) is 0 Å². The number of benzene rings is 2. The summed E-state index contributed by atoms with van der Waals surface area (Å²) in [7, 11) is 0. The molecule has 0 bridgehead atoms. The van der Waals surface area contributed by atoms with Crippen molar-refractivity contribution in [3.8, 4) is 0 Å². The monoisotopic (exact) mass is 325 g/mol. The minimum absolute atomic E-state index is 0.0854. The molecule has 2 nitrogen and oxygen atoms in total. The van der Waals surface area contributed by atoms with Crippen molar-refractivity contribution >= 4 is 52.5 Å². The van der Waals surface area contributed by atoms with Gasteiger partial charge in [0.2, 0.25) is 0 Å². The molecule has 0 aromatic heterocycles. The second kappa shape index (κ2) is 6.80. The van der Waals surface area contributed by atoms with E-state index in [4.69, 9.17) is 34.8 Å². The molecule has 2 aromatic rings. The first-order valence-corrected chi connectivity index (χ1v) is 6.88. The first-order valence-electron chi connectivity index (χ1n) is 5.75. The summed E-state index contributed by atoms with van der Waals surface area (Å²) in [6.07, 6.45) is 1.59. The van der Waals surface area contributed by atoms with Gasteiger partial charge in [-0.3, -0.25) is 4.79 Å². The van der Waals surface area contributed by atoms with E-state index in [2.05, 4.69) is 5.32 Å². The van der Waals surface area contributed by atoms with Gasteiger partial charge in [-0.05, 0) is 29.8 Å². The molecule has 0 saturated carbocycles. The Morgan fingerprint density at radius 1 is 1.00 bits per heavy atom. The van der Waals surface area contributed by atoms with E-state index in [-0.39, 0.29) is 5.03 Å². The van der Waals surface area contributed by atoms with Crippen LogP contribution in [0.5, 0.6) is 0 Å². The van der Waals surface area contributed by atoms with Gasteiger partial charge in [-0.15, -0.1) is 0 Å². The number of hydrogen-bond donors (Lipinski definition) is 1. The Hall–Kier alpha value is -1.48. The van der Waals surface area contributed by atoms with Crippen molar-refractivity contribution in [1.29, 1.82) is 0 Å². The standard InChI is InChI=1S/C15H10Cl3NO/c16-12-7-6-11(9-13(12)17)19-15(20)14(18)8-10-4-2-1-3-5-10/h1-9H,(H,19,20)/b14-8-. The zero-order chi connectivity index (χ0) is 14.5. The Morgan fingerprint density at radius 2 is 1.70 bits per heavy atom. The molecular weight excluding hydrogens is 317 g/mol. The van der Waals surface area contributed by atoms with Crippen LogP contribution in [-0.2, 0) is 4.79 Å². The molecule has 1 amide bonds. The third-order valence-electron chi connectivity index (χ3n) is 2.49. The molecule has 1 N–H and O–H groups in total. The smallest absolute Gasteiger partial charge is 0.267 e. The molecule has 0 spiro atoms. The molecule has 0 saturated heterocycles. The highest BCUT2D eigenvalue weighted by Crippen LogP contribution is 2.25. The lowest BCUT2D eigenvalue weighted by Gasteiger charge is -2.05. The van der Waals surface area contributed by atoms with Gasteiger partial charge in [-0.1, -0.05) is 65.1 Å². The van der Waals surface area contributed by atoms with Crippen LogP contribution in [0.25, 0.3) is 6.08 Å². The van der Waals surface area contributed by atoms with Gasteiger partial charge in [0.15, 0.2) is 0 Å². The van der Waals surface area contributed by atoms with Crippen molar-refractivity contribution in [1.82, 2.24) is 0 Å². The summed E-state index contributed by atoms with van der Waals surface area (Å²) in [6, 6.07) is 14.2. The third kappa shape index (κ3) is 4.01. The van der Waals surface area contributed by atoms with Crippen LogP contribution < -0.4 is 5.32 Å². The molecule has 0 atom stereocenters. The minimum Gasteiger partial charge on any atom is -0.321 e. The van der Waals surface area contributed by atoms with Gasteiger partial charge in [0.1, 0.15) is 5.03 Å². The van der Waals surface area contributed by atoms with Crippen LogP contribution in [0.3, 0.4) is 0 Å². The summed E-state index contributed by atoms with van der Waals surface area (Å²) in [5.41, 5.74) is 1.38. The highest BCUT2D eigenvalue weighted by atomic mass is 35.5. The van der Waals surface area contributed by atoms with E-state index in [1.165, 1.54) is 0 Å². The molecule has 2 aromatic carbocycles. The molecule has 102 valence electrons. The van der Waals surface area contributed by atoms with Crippen LogP contribution in [0.4, 0.5) is 5.69 Å². The van der Waals surface area contributed by atoms with Gasteiger partial charge in [0.05, 0.1) is 10.0 Å². The average Bonchev–Trinajstić information content (AvgIpc) is 2.44. The lowest BCUT2D eigenvalue weighted by atomic mass is 10.2. The SMILES string of the molecule is O=C(Nc1ccc(Cl)c(Cl)c1)/C(Cl)=C/c1ccccc1. The fourth-order valence-electron chi connectivity index (χ4n) is 1.53. The highest BCUT2D eigenvalue weighted by molar-refractivity contribution is 6.46. The van der Waals surface area contributed by atoms with Crippen molar-refractivity contribution < 1.29 is 4.79 Å². The first kappa shape index (κ1) is 14.9. The van der Waals surface area contributed by atoms with Gasteiger partial charge >= 0.3 is 0 Å². The van der Waals surface area contributed by atoms with Crippen molar-refractivity contribution in [2.45, 2.75) is 0 Å². The summed E-state index contributed by atoms with van der Waals surface area (Å²) in [5, 5.41) is 3.53. The number of nitrogens with one attached hydrogen (secondary N) is 1. The summed E-state index contributed by atoms with van der Waals surface area (Å²) in [5.74, 6) is -0.408. The number of halogens is 3. The third-order valence-corrected chi connectivity index (χ3v) is 3.51. The molecule has 0 aliphatic carbocycles. The topological polar surface area (TPSA) is 29.1 Å². The molecule has 0 radical (unpaired) electrons. The van der Waals surface area contributed by atoms with Crippen molar-refractivity contribution in [2.24, 2.45) is 0 Å². The number of rotatable bonds is 3. The Labute approximate surface area is 132 Å². The van der Waals surface area contributed by atoms with Crippen molar-refractivity contribution in [2.75, 3.05) is 5.32 Å². The molecule has 5 heteroatoms. The summed E-state index contributed by atoms with van der Waals surface area (Å²) < 4.78 is 0. The van der Waals surface area contributed by atoms with Crippen LogP contribution in [0.15, 0.2) is 53.6 Å². The van der Waals surface area contributed by atoms with Crippen LogP contribution in [0.2, 0.25) is 10.0 Å². The summed E-state index contributed by atoms with van der Waals surface area (Å²) in [4.78, 5) is 11.9. The molecule has 0 aliphatic rings. The predicted octanol–water partition coefficient (Wildman–Crippen LogP) is 5.21. The van der Waals surface area contributed by atoms with Gasteiger partial charge < -0.3 is 5.32 Å². The fraction of sp³-hybridized carbons (Fsp3) is 0. The maximum atomic E-state index is 11.9. The Balaban J connectivity index is 2.11. The number of carbonyl (C=O) groups excluding carboxylic acids is 1. The zero-order valence-electron chi connectivity index (χ0n) is 10.2. The summed E-state index contributed by atoms with van der Waals surface area (Å²) >= 11 is 17.7. The molecule has 0 fully saturated rings. The molecule has 0 unspecified atom stereocenters. The summed E-state index contributed by atoms with van der Waals surface area (Å²) in [6.45, 7) is 0. The maximum Gasteiger partial charge on any atom is 0.267 e. The predicted molar refractivity (Wildman–Crippen MR) is 85.4 cm³/mol. The molecular formula is C15H10Cl3NO. The second-order valence-corrected chi connectivity index (χ2v) is 5.21. The Bertz CT molecular complexity index is 653. The average molecular weight is 327 g/mol. The Morgan fingerprint density at radius 3 is 2.35 bits per heavy atom. The van der Waals surface area contributed by atoms with Gasteiger partial charge in [0.25, 0.3) is 5.91 Å². The van der Waals surface area contributed by atoms with Crippen LogP contribution in [-0.4, -0.2) is 5.91 Å². The zero-order valence-corrected chi connectivity index (χ0v) is 12.5. The Kier molecular flexibility index (Phi) is 5.07. The number of carbonyl (C=O) groups is 1. The van der Waals surface area contributed by atoms with Gasteiger partial charge in [0, 0.05) is 5.69 Å². The van der Waals surface area contributed by atoms with Gasteiger partial charge in [-0.2, -0.15) is 0 Å². The van der Waals surface area contributed by atoms with Crippen LogP contribution in [0, 0.1) is 0 Å². The molecule has 20 heavy (non-hydrogen) atoms. The van der Waals surface area contributed by atoms with E-state index in [9.17, 15) is 4.79 Å². The lowest BCUT2D eigenvalue weighted by Crippen LogP contribution is -2.11. The van der Waals surface area contributed by atoms with E-state index in [1.54, 1.807) is 24.3 Å². The molecule has 0 aliphatic heterocycles. The number of hydrogen-bond acceptors (Lipinski definition) is 1. The van der Waals surface area contributed by atoms with Gasteiger partial charge in [-0.25, -0.2) is 0 Å². The lowest BCUT2D eigenvalue weighted by molar-refractivity contribution is -0.112. The largest absolute Gasteiger partial charge is 0.321 e. The number of anilines is 1. The van der Waals surface area contributed by atoms with E-state index in [1.807, 2.05) is 30.3 Å². The first-order chi connectivity index (χ1) is 9.56. The maximum absolute atomic E-state index is 11.9. The highest BCUT2D eigenvalue weighted by Gasteiger charge is 2.08. The molecule has 0 heterocycles. The number of amides is 1. The minimum atomic E-state index is -0.408. The van der Waals surface area contributed by atoms with Crippen molar-refractivity contribution in [3.05, 3.63) is 69.2 Å². The second-order valence-electron chi connectivity index (χ2n) is 3.99. The van der Waals surface area contributed by atoms with E-state index in [0.29, 0.717) is 15.7 Å². The van der Waals surface area contributed by atoms with Crippen LogP contribution >= 0.6 is 34.8 Å². The quantitative estimate of drug-likeness (QED) is 0.771.